The number of Topliss-reactive ketones (excluding diaryl/α,β-unsaturated/α-hetero) is 1. The number of benzene rings is 1. The Morgan fingerprint density at radius 1 is 1.26 bits per heavy atom. The monoisotopic (exact) mass is 496 g/mol. The average molecular weight is 497 g/mol. The molecule has 0 aliphatic carbocycles. The third-order valence-electron chi connectivity index (χ3n) is 6.10. The maximum Gasteiger partial charge on any atom is 0.160 e. The van der Waals surface area contributed by atoms with Gasteiger partial charge in [-0.05, 0) is 36.7 Å². The molecule has 1 aromatic carbocycles. The number of ketones is 1. The molecule has 0 radical (unpaired) electrons. The van der Waals surface area contributed by atoms with Gasteiger partial charge in [-0.15, -0.1) is 0 Å². The maximum atomic E-state index is 13.8. The number of pyridine rings is 1. The number of carbonyl (C=O) groups excluding carboxylic acids is 1. The van der Waals surface area contributed by atoms with Gasteiger partial charge >= 0.3 is 0 Å². The summed E-state index contributed by atoms with van der Waals surface area (Å²) in [4.78, 5) is 29.4. The number of halogens is 2. The zero-order chi connectivity index (χ0) is 24.8. The van der Waals surface area contributed by atoms with Crippen molar-refractivity contribution >= 4 is 23.2 Å². The molecule has 9 nitrogen and oxygen atoms in total. The first-order chi connectivity index (χ1) is 17.0. The van der Waals surface area contributed by atoms with Gasteiger partial charge < -0.3 is 10.2 Å². The standard InChI is InChI=1S/C24H26ClFN8O/c1-16(35)22-21(15-34-12-10-33(11-13-34)9-8-29-32-27)30-24(20-4-2-3-7-28-20)31-23(22)18-6-5-17(26)14-19(18)25/h2-7,14,23H,8-13,15H2,1H3,(H,30,31). The van der Waals surface area contributed by atoms with Crippen molar-refractivity contribution in [3.8, 4) is 0 Å². The van der Waals surface area contributed by atoms with Crippen LogP contribution < -0.4 is 5.32 Å². The molecule has 1 fully saturated rings. The first kappa shape index (κ1) is 24.8. The van der Waals surface area contributed by atoms with Crippen molar-refractivity contribution < 1.29 is 9.18 Å². The second-order valence-corrected chi connectivity index (χ2v) is 8.81. The lowest BCUT2D eigenvalue weighted by molar-refractivity contribution is -0.114. The number of azide groups is 1. The Hall–Kier alpha value is -3.30. The minimum absolute atomic E-state index is 0.130. The van der Waals surface area contributed by atoms with Gasteiger partial charge in [0.15, 0.2) is 11.6 Å². The van der Waals surface area contributed by atoms with Gasteiger partial charge in [0.25, 0.3) is 0 Å². The van der Waals surface area contributed by atoms with Gasteiger partial charge in [-0.1, -0.05) is 28.8 Å². The Morgan fingerprint density at radius 2 is 2.03 bits per heavy atom. The molecule has 0 saturated carbocycles. The number of amidine groups is 1. The van der Waals surface area contributed by atoms with Crippen LogP contribution in [0.15, 0.2) is 64.0 Å². The Labute approximate surface area is 207 Å². The molecule has 1 saturated heterocycles. The number of carbonyl (C=O) groups is 1. The molecule has 1 unspecified atom stereocenters. The number of hydrogen-bond donors (Lipinski definition) is 1. The summed E-state index contributed by atoms with van der Waals surface area (Å²) in [7, 11) is 0. The molecule has 2 aliphatic rings. The van der Waals surface area contributed by atoms with E-state index in [1.165, 1.54) is 19.1 Å². The van der Waals surface area contributed by atoms with Crippen LogP contribution in [0.3, 0.4) is 0 Å². The van der Waals surface area contributed by atoms with Crippen LogP contribution in [-0.4, -0.2) is 72.2 Å². The van der Waals surface area contributed by atoms with E-state index in [2.05, 4.69) is 30.1 Å². The number of nitrogens with zero attached hydrogens (tertiary/aromatic N) is 7. The first-order valence-corrected chi connectivity index (χ1v) is 11.7. The lowest BCUT2D eigenvalue weighted by Gasteiger charge is -2.36. The molecule has 4 rings (SSSR count). The summed E-state index contributed by atoms with van der Waals surface area (Å²) >= 11 is 6.41. The third kappa shape index (κ3) is 6.04. The molecule has 182 valence electrons. The van der Waals surface area contributed by atoms with E-state index in [0.29, 0.717) is 35.8 Å². The highest BCUT2D eigenvalue weighted by Crippen LogP contribution is 2.36. The summed E-state index contributed by atoms with van der Waals surface area (Å²) in [5.74, 6) is -0.0489. The van der Waals surface area contributed by atoms with Crippen LogP contribution in [0.25, 0.3) is 10.4 Å². The van der Waals surface area contributed by atoms with Crippen LogP contribution in [0.5, 0.6) is 0 Å². The van der Waals surface area contributed by atoms with Crippen molar-refractivity contribution in [2.45, 2.75) is 13.0 Å². The van der Waals surface area contributed by atoms with Gasteiger partial charge in [0.2, 0.25) is 0 Å². The zero-order valence-corrected chi connectivity index (χ0v) is 20.1. The number of rotatable bonds is 8. The second-order valence-electron chi connectivity index (χ2n) is 8.41. The van der Waals surface area contributed by atoms with Crippen LogP contribution in [0.2, 0.25) is 5.02 Å². The summed E-state index contributed by atoms with van der Waals surface area (Å²) in [6.07, 6.45) is 1.68. The molecule has 2 aliphatic heterocycles. The van der Waals surface area contributed by atoms with E-state index in [-0.39, 0.29) is 10.8 Å². The normalized spacial score (nSPS) is 19.1. The fraction of sp³-hybridized carbons (Fsp3) is 0.375. The summed E-state index contributed by atoms with van der Waals surface area (Å²) in [6.45, 7) is 6.45. The van der Waals surface area contributed by atoms with E-state index in [9.17, 15) is 9.18 Å². The Morgan fingerprint density at radius 3 is 2.69 bits per heavy atom. The van der Waals surface area contributed by atoms with Crippen molar-refractivity contribution in [2.75, 3.05) is 45.8 Å². The fourth-order valence-electron chi connectivity index (χ4n) is 4.34. The lowest BCUT2D eigenvalue weighted by atomic mass is 9.92. The van der Waals surface area contributed by atoms with Gasteiger partial charge in [-0.25, -0.2) is 4.39 Å². The molecule has 3 heterocycles. The van der Waals surface area contributed by atoms with E-state index in [1.54, 1.807) is 12.3 Å². The predicted octanol–water partition coefficient (Wildman–Crippen LogP) is 3.74. The molecule has 35 heavy (non-hydrogen) atoms. The second kappa shape index (κ2) is 11.4. The SMILES string of the molecule is CC(=O)C1=C(CN2CCN(CCN=[N+]=[N-])CC2)NC(c2ccccn2)=NC1c1ccc(F)cc1Cl. The smallest absolute Gasteiger partial charge is 0.160 e. The molecule has 1 N–H and O–H groups in total. The maximum absolute atomic E-state index is 13.8. The summed E-state index contributed by atoms with van der Waals surface area (Å²) in [5.41, 5.74) is 10.9. The highest BCUT2D eigenvalue weighted by Gasteiger charge is 2.32. The first-order valence-electron chi connectivity index (χ1n) is 11.4. The molecule has 0 amide bonds. The van der Waals surface area contributed by atoms with E-state index in [0.717, 1.165) is 38.4 Å². The molecule has 1 atom stereocenters. The molecule has 11 heteroatoms. The van der Waals surface area contributed by atoms with E-state index >= 15 is 0 Å². The number of aromatic nitrogens is 1. The summed E-state index contributed by atoms with van der Waals surface area (Å²) in [5, 5.41) is 7.18. The number of piperazine rings is 1. The number of aliphatic imine (C=N–C) groups is 1. The molecule has 0 spiro atoms. The summed E-state index contributed by atoms with van der Waals surface area (Å²) in [6, 6.07) is 8.99. The van der Waals surface area contributed by atoms with Crippen LogP contribution in [0, 0.1) is 5.82 Å². The van der Waals surface area contributed by atoms with Crippen molar-refractivity contribution in [1.82, 2.24) is 20.1 Å². The van der Waals surface area contributed by atoms with Crippen LogP contribution in [0.1, 0.15) is 24.2 Å². The topological polar surface area (TPSA) is 110 Å². The minimum atomic E-state index is -0.681. The van der Waals surface area contributed by atoms with E-state index < -0.39 is 11.9 Å². The van der Waals surface area contributed by atoms with Crippen LogP contribution >= 0.6 is 11.6 Å². The third-order valence-corrected chi connectivity index (χ3v) is 6.42. The lowest BCUT2D eigenvalue weighted by Crippen LogP contribution is -2.49. The van der Waals surface area contributed by atoms with Gasteiger partial charge in [0, 0.05) is 78.8 Å². The number of nitrogens with one attached hydrogen (secondary N) is 1. The van der Waals surface area contributed by atoms with Crippen LogP contribution in [-0.2, 0) is 4.79 Å². The quantitative estimate of drug-likeness (QED) is 0.340. The Kier molecular flexibility index (Phi) is 8.09. The molecular formula is C24H26ClFN8O. The summed E-state index contributed by atoms with van der Waals surface area (Å²) < 4.78 is 13.8. The largest absolute Gasteiger partial charge is 0.341 e. The van der Waals surface area contributed by atoms with Gasteiger partial charge in [0.05, 0.1) is 0 Å². The van der Waals surface area contributed by atoms with E-state index in [1.807, 2.05) is 18.2 Å². The van der Waals surface area contributed by atoms with Crippen molar-refractivity contribution in [3.05, 3.63) is 86.4 Å². The Bertz CT molecular complexity index is 1190. The Balaban J connectivity index is 1.64. The average Bonchev–Trinajstić information content (AvgIpc) is 2.85. The minimum Gasteiger partial charge on any atom is -0.341 e. The van der Waals surface area contributed by atoms with Gasteiger partial charge in [-0.3, -0.25) is 19.7 Å². The molecule has 0 bridgehead atoms. The van der Waals surface area contributed by atoms with Gasteiger partial charge in [0.1, 0.15) is 17.6 Å². The fourth-order valence-corrected chi connectivity index (χ4v) is 4.61. The van der Waals surface area contributed by atoms with Gasteiger partial charge in [-0.2, -0.15) is 0 Å². The van der Waals surface area contributed by atoms with Crippen molar-refractivity contribution in [3.63, 3.8) is 0 Å². The molecular weight excluding hydrogens is 471 g/mol. The molecule has 2 aromatic rings. The van der Waals surface area contributed by atoms with E-state index in [4.69, 9.17) is 22.1 Å². The highest BCUT2D eigenvalue weighted by atomic mass is 35.5. The predicted molar refractivity (Wildman–Crippen MR) is 133 cm³/mol. The molecule has 1 aromatic heterocycles. The zero-order valence-electron chi connectivity index (χ0n) is 19.4. The van der Waals surface area contributed by atoms with Crippen LogP contribution in [0.4, 0.5) is 4.39 Å². The highest BCUT2D eigenvalue weighted by molar-refractivity contribution is 6.31. The van der Waals surface area contributed by atoms with Crippen molar-refractivity contribution in [2.24, 2.45) is 10.1 Å². The van der Waals surface area contributed by atoms with Crippen molar-refractivity contribution in [1.29, 1.82) is 0 Å². The number of hydrogen-bond acceptors (Lipinski definition) is 7.